The van der Waals surface area contributed by atoms with Crippen LogP contribution < -0.4 is 10.9 Å². The average molecular weight is 278 g/mol. The van der Waals surface area contributed by atoms with Gasteiger partial charge in [-0.3, -0.25) is 4.79 Å². The van der Waals surface area contributed by atoms with Crippen LogP contribution in [0.2, 0.25) is 5.02 Å². The van der Waals surface area contributed by atoms with Gasteiger partial charge in [0.1, 0.15) is 0 Å². The number of hydrogen-bond acceptors (Lipinski definition) is 3. The highest BCUT2D eigenvalue weighted by molar-refractivity contribution is 6.30. The van der Waals surface area contributed by atoms with E-state index in [9.17, 15) is 4.79 Å². The van der Waals surface area contributed by atoms with Crippen LogP contribution in [0.1, 0.15) is 25.5 Å². The van der Waals surface area contributed by atoms with E-state index < -0.39 is 0 Å². The second-order valence-electron chi connectivity index (χ2n) is 4.57. The Labute approximate surface area is 117 Å². The maximum atomic E-state index is 12.1. The lowest BCUT2D eigenvalue weighted by molar-refractivity contribution is 0.575. The number of aromatic nitrogens is 2. The summed E-state index contributed by atoms with van der Waals surface area (Å²) in [5.41, 5.74) is 0.896. The first kappa shape index (κ1) is 13.6. The highest BCUT2D eigenvalue weighted by atomic mass is 35.5. The van der Waals surface area contributed by atoms with E-state index in [1.54, 1.807) is 17.0 Å². The van der Waals surface area contributed by atoms with Crippen molar-refractivity contribution in [3.8, 4) is 0 Å². The maximum absolute atomic E-state index is 12.1. The summed E-state index contributed by atoms with van der Waals surface area (Å²) in [4.78, 5) is 16.2. The Kier molecular flexibility index (Phi) is 4.22. The molecule has 0 saturated heterocycles. The van der Waals surface area contributed by atoms with E-state index in [0.29, 0.717) is 17.4 Å². The molecule has 0 aliphatic rings. The zero-order valence-corrected chi connectivity index (χ0v) is 11.7. The lowest BCUT2D eigenvalue weighted by Gasteiger charge is -2.11. The zero-order valence-electron chi connectivity index (χ0n) is 10.9. The van der Waals surface area contributed by atoms with Crippen molar-refractivity contribution in [3.63, 3.8) is 0 Å². The molecule has 4 nitrogen and oxygen atoms in total. The molecule has 100 valence electrons. The summed E-state index contributed by atoms with van der Waals surface area (Å²) in [7, 11) is 0. The quantitative estimate of drug-likeness (QED) is 0.934. The summed E-state index contributed by atoms with van der Waals surface area (Å²) in [6.07, 6.45) is 3.32. The Morgan fingerprint density at radius 3 is 2.89 bits per heavy atom. The van der Waals surface area contributed by atoms with E-state index in [1.807, 2.05) is 38.1 Å². The highest BCUT2D eigenvalue weighted by Gasteiger charge is 2.06. The topological polar surface area (TPSA) is 46.9 Å². The molecule has 19 heavy (non-hydrogen) atoms. The third kappa shape index (κ3) is 3.35. The molecule has 1 aromatic heterocycles. The van der Waals surface area contributed by atoms with Gasteiger partial charge in [-0.05, 0) is 31.5 Å². The normalized spacial score (nSPS) is 10.7. The van der Waals surface area contributed by atoms with E-state index in [2.05, 4.69) is 10.3 Å². The number of rotatable bonds is 4. The van der Waals surface area contributed by atoms with Crippen LogP contribution in [0.3, 0.4) is 0 Å². The minimum Gasteiger partial charge on any atom is -0.361 e. The third-order valence-electron chi connectivity index (χ3n) is 2.77. The second kappa shape index (κ2) is 5.89. The van der Waals surface area contributed by atoms with Crippen LogP contribution in [-0.2, 0) is 6.54 Å². The molecule has 0 bridgehead atoms. The molecule has 0 aliphatic heterocycles. The van der Waals surface area contributed by atoms with Crippen LogP contribution >= 0.6 is 11.6 Å². The van der Waals surface area contributed by atoms with Crippen LogP contribution in [0.4, 0.5) is 5.82 Å². The monoisotopic (exact) mass is 277 g/mol. The number of anilines is 1. The minimum absolute atomic E-state index is 0.112. The minimum atomic E-state index is -0.112. The zero-order chi connectivity index (χ0) is 13.8. The van der Waals surface area contributed by atoms with Gasteiger partial charge >= 0.3 is 0 Å². The van der Waals surface area contributed by atoms with Gasteiger partial charge in [0.25, 0.3) is 5.56 Å². The van der Waals surface area contributed by atoms with Crippen molar-refractivity contribution in [2.75, 3.05) is 5.32 Å². The van der Waals surface area contributed by atoms with Crippen molar-refractivity contribution in [1.82, 2.24) is 9.55 Å². The molecule has 2 rings (SSSR count). The molecular weight excluding hydrogens is 262 g/mol. The standard InChI is InChI=1S/C14H16ClN3O/c1-10(2)18-7-6-16-13(14(18)19)17-9-11-4-3-5-12(15)8-11/h3-8,10H,9H2,1-2H3,(H,16,17). The largest absolute Gasteiger partial charge is 0.361 e. The second-order valence-corrected chi connectivity index (χ2v) is 5.00. The summed E-state index contributed by atoms with van der Waals surface area (Å²) in [6.45, 7) is 4.44. The molecule has 5 heteroatoms. The fraction of sp³-hybridized carbons (Fsp3) is 0.286. The van der Waals surface area contributed by atoms with Crippen LogP contribution in [0, 0.1) is 0 Å². The maximum Gasteiger partial charge on any atom is 0.293 e. The van der Waals surface area contributed by atoms with Crippen LogP contribution in [0.25, 0.3) is 0 Å². The molecule has 0 spiro atoms. The Hall–Kier alpha value is -1.81. The summed E-state index contributed by atoms with van der Waals surface area (Å²) >= 11 is 5.92. The van der Waals surface area contributed by atoms with Gasteiger partial charge in [-0.2, -0.15) is 0 Å². The third-order valence-corrected chi connectivity index (χ3v) is 3.01. The van der Waals surface area contributed by atoms with Gasteiger partial charge in [0.05, 0.1) is 0 Å². The number of hydrogen-bond donors (Lipinski definition) is 1. The van der Waals surface area contributed by atoms with Crippen molar-refractivity contribution in [2.24, 2.45) is 0 Å². The van der Waals surface area contributed by atoms with Gasteiger partial charge in [0.2, 0.25) is 0 Å². The van der Waals surface area contributed by atoms with Crippen molar-refractivity contribution in [3.05, 3.63) is 57.6 Å². The van der Waals surface area contributed by atoms with Gasteiger partial charge in [0, 0.05) is 30.0 Å². The molecule has 2 aromatic rings. The molecule has 0 saturated carbocycles. The lowest BCUT2D eigenvalue weighted by atomic mass is 10.2. The predicted molar refractivity (Wildman–Crippen MR) is 77.7 cm³/mol. The molecule has 0 radical (unpaired) electrons. The van der Waals surface area contributed by atoms with E-state index in [1.165, 1.54) is 0 Å². The number of nitrogens with zero attached hydrogens (tertiary/aromatic N) is 2. The van der Waals surface area contributed by atoms with E-state index in [4.69, 9.17) is 11.6 Å². The van der Waals surface area contributed by atoms with Crippen molar-refractivity contribution < 1.29 is 0 Å². The molecular formula is C14H16ClN3O. The summed E-state index contributed by atoms with van der Waals surface area (Å²) < 4.78 is 1.65. The Morgan fingerprint density at radius 2 is 2.21 bits per heavy atom. The summed E-state index contributed by atoms with van der Waals surface area (Å²) in [5, 5.41) is 3.73. The van der Waals surface area contributed by atoms with Crippen LogP contribution in [0.5, 0.6) is 0 Å². The van der Waals surface area contributed by atoms with Gasteiger partial charge in [-0.1, -0.05) is 23.7 Å². The van der Waals surface area contributed by atoms with Crippen molar-refractivity contribution in [1.29, 1.82) is 0 Å². The highest BCUT2D eigenvalue weighted by Crippen LogP contribution is 2.11. The first-order valence-corrected chi connectivity index (χ1v) is 6.51. The first-order chi connectivity index (χ1) is 9.08. The smallest absolute Gasteiger partial charge is 0.293 e. The Morgan fingerprint density at radius 1 is 1.42 bits per heavy atom. The summed E-state index contributed by atoms with van der Waals surface area (Å²) in [5.74, 6) is 0.358. The van der Waals surface area contributed by atoms with E-state index in [0.717, 1.165) is 5.56 Å². The van der Waals surface area contributed by atoms with E-state index >= 15 is 0 Å². The first-order valence-electron chi connectivity index (χ1n) is 6.13. The Balaban J connectivity index is 2.16. The molecule has 1 N–H and O–H groups in total. The van der Waals surface area contributed by atoms with Crippen molar-refractivity contribution >= 4 is 17.4 Å². The predicted octanol–water partition coefficient (Wildman–Crippen LogP) is 3.09. The SMILES string of the molecule is CC(C)n1ccnc(NCc2cccc(Cl)c2)c1=O. The molecule has 0 atom stereocenters. The fourth-order valence-corrected chi connectivity index (χ4v) is 2.00. The molecule has 0 unspecified atom stereocenters. The molecule has 1 aromatic carbocycles. The molecule has 0 fully saturated rings. The summed E-state index contributed by atoms with van der Waals surface area (Å²) in [6, 6.07) is 7.62. The molecule has 0 aliphatic carbocycles. The van der Waals surface area contributed by atoms with Gasteiger partial charge in [-0.25, -0.2) is 4.98 Å². The number of nitrogens with one attached hydrogen (secondary N) is 1. The van der Waals surface area contributed by atoms with Crippen LogP contribution in [-0.4, -0.2) is 9.55 Å². The number of halogens is 1. The fourth-order valence-electron chi connectivity index (χ4n) is 1.79. The Bertz CT molecular complexity index is 622. The average Bonchev–Trinajstić information content (AvgIpc) is 2.37. The molecule has 1 heterocycles. The van der Waals surface area contributed by atoms with Gasteiger partial charge in [0.15, 0.2) is 5.82 Å². The number of benzene rings is 1. The van der Waals surface area contributed by atoms with Gasteiger partial charge in [-0.15, -0.1) is 0 Å². The van der Waals surface area contributed by atoms with Gasteiger partial charge < -0.3 is 9.88 Å². The van der Waals surface area contributed by atoms with Crippen molar-refractivity contribution in [2.45, 2.75) is 26.4 Å². The molecule has 0 amide bonds. The van der Waals surface area contributed by atoms with Crippen LogP contribution in [0.15, 0.2) is 41.5 Å². The lowest BCUT2D eigenvalue weighted by Crippen LogP contribution is -2.25. The van der Waals surface area contributed by atoms with E-state index in [-0.39, 0.29) is 11.6 Å².